The van der Waals surface area contributed by atoms with Gasteiger partial charge in [0.1, 0.15) is 6.04 Å². The molecule has 4 N–H and O–H groups in total. The third kappa shape index (κ3) is 3.80. The molecule has 0 aliphatic carbocycles. The Bertz CT molecular complexity index is 528. The Morgan fingerprint density at radius 1 is 1.44 bits per heavy atom. The van der Waals surface area contributed by atoms with Crippen LogP contribution in [0.1, 0.15) is 5.56 Å². The van der Waals surface area contributed by atoms with E-state index >= 15 is 0 Å². The van der Waals surface area contributed by atoms with Gasteiger partial charge in [0.15, 0.2) is 9.84 Å². The van der Waals surface area contributed by atoms with Crippen LogP contribution in [0.4, 0.5) is 0 Å². The predicted molar refractivity (Wildman–Crippen MR) is 66.5 cm³/mol. The van der Waals surface area contributed by atoms with Crippen molar-refractivity contribution in [3.8, 4) is 0 Å². The molecule has 0 bridgehead atoms. The topological polar surface area (TPSA) is 109 Å². The fraction of sp³-hybridized carbons (Fsp3) is 0.364. The number of carbonyl (C=O) groups is 1. The zero-order valence-corrected chi connectivity index (χ0v) is 10.8. The van der Waals surface area contributed by atoms with Gasteiger partial charge in [-0.1, -0.05) is 18.2 Å². The molecule has 1 aromatic rings. The van der Waals surface area contributed by atoms with Crippen LogP contribution in [0.2, 0.25) is 0 Å². The van der Waals surface area contributed by atoms with Crippen molar-refractivity contribution in [2.75, 3.05) is 12.9 Å². The highest BCUT2D eigenvalue weighted by Gasteiger charge is 2.15. The van der Waals surface area contributed by atoms with Gasteiger partial charge in [0.2, 0.25) is 5.91 Å². The van der Waals surface area contributed by atoms with Gasteiger partial charge in [-0.05, 0) is 11.6 Å². The summed E-state index contributed by atoms with van der Waals surface area (Å²) >= 11 is 0. The highest BCUT2D eigenvalue weighted by atomic mass is 32.2. The van der Waals surface area contributed by atoms with Gasteiger partial charge < -0.3 is 16.2 Å². The molecule has 1 aromatic carbocycles. The van der Waals surface area contributed by atoms with E-state index in [9.17, 15) is 13.2 Å². The molecule has 1 atom stereocenters. The van der Waals surface area contributed by atoms with Crippen molar-refractivity contribution in [3.05, 3.63) is 29.8 Å². The first kappa shape index (κ1) is 14.6. The lowest BCUT2D eigenvalue weighted by molar-refractivity contribution is -0.123. The maximum atomic E-state index is 11.5. The van der Waals surface area contributed by atoms with Gasteiger partial charge in [0, 0.05) is 12.8 Å². The molecule has 1 amide bonds. The number of amides is 1. The molecule has 0 aliphatic rings. The summed E-state index contributed by atoms with van der Waals surface area (Å²) in [6, 6.07) is 5.38. The Labute approximate surface area is 106 Å². The summed E-state index contributed by atoms with van der Waals surface area (Å²) in [6.07, 6.45) is 1.10. The number of carbonyl (C=O) groups excluding carboxylic acids is 1. The largest absolute Gasteiger partial charge is 0.394 e. The Kier molecular flexibility index (Phi) is 4.83. The lowest BCUT2D eigenvalue weighted by atomic mass is 10.2. The van der Waals surface area contributed by atoms with Crippen LogP contribution in [-0.4, -0.2) is 38.3 Å². The smallest absolute Gasteiger partial charge is 0.239 e. The first-order valence-corrected chi connectivity index (χ1v) is 7.17. The number of sulfone groups is 1. The zero-order chi connectivity index (χ0) is 13.8. The Morgan fingerprint density at radius 3 is 2.61 bits per heavy atom. The summed E-state index contributed by atoms with van der Waals surface area (Å²) in [5.41, 5.74) is 5.81. The highest BCUT2D eigenvalue weighted by Crippen LogP contribution is 2.14. The molecular weight excluding hydrogens is 256 g/mol. The summed E-state index contributed by atoms with van der Waals surface area (Å²) in [5.74, 6) is -0.527. The fourth-order valence-electron chi connectivity index (χ4n) is 1.41. The van der Waals surface area contributed by atoms with E-state index in [1.54, 1.807) is 18.2 Å². The lowest BCUT2D eigenvalue weighted by Crippen LogP contribution is -2.42. The number of hydrogen-bond acceptors (Lipinski definition) is 5. The second kappa shape index (κ2) is 5.94. The average molecular weight is 272 g/mol. The average Bonchev–Trinajstić information content (AvgIpc) is 2.34. The van der Waals surface area contributed by atoms with Crippen molar-refractivity contribution in [1.82, 2.24) is 5.32 Å². The molecule has 100 valence electrons. The molecule has 0 spiro atoms. The van der Waals surface area contributed by atoms with Crippen molar-refractivity contribution in [2.45, 2.75) is 17.5 Å². The SMILES string of the molecule is CS(=O)(=O)c1ccccc1CNC(=O)C(N)CO. The van der Waals surface area contributed by atoms with E-state index in [2.05, 4.69) is 5.32 Å². The Balaban J connectivity index is 2.84. The van der Waals surface area contributed by atoms with Gasteiger partial charge in [-0.3, -0.25) is 4.79 Å². The standard InChI is InChI=1S/C11H16N2O4S/c1-18(16,17)10-5-3-2-4-8(10)6-13-11(15)9(12)7-14/h2-5,9,14H,6-7,12H2,1H3,(H,13,15). The molecule has 1 rings (SSSR count). The Hall–Kier alpha value is -1.44. The van der Waals surface area contributed by atoms with Crippen molar-refractivity contribution in [2.24, 2.45) is 5.73 Å². The molecule has 1 unspecified atom stereocenters. The van der Waals surface area contributed by atoms with Crippen LogP contribution >= 0.6 is 0 Å². The molecule has 18 heavy (non-hydrogen) atoms. The van der Waals surface area contributed by atoms with Gasteiger partial charge in [-0.15, -0.1) is 0 Å². The van der Waals surface area contributed by atoms with Gasteiger partial charge in [-0.2, -0.15) is 0 Å². The molecule has 0 aliphatic heterocycles. The number of aliphatic hydroxyl groups is 1. The van der Waals surface area contributed by atoms with Crippen LogP contribution in [0.5, 0.6) is 0 Å². The van der Waals surface area contributed by atoms with Crippen LogP contribution in [0, 0.1) is 0 Å². The number of aliphatic hydroxyl groups excluding tert-OH is 1. The third-order valence-electron chi connectivity index (χ3n) is 2.36. The molecule has 0 aromatic heterocycles. The van der Waals surface area contributed by atoms with Crippen LogP contribution in [-0.2, 0) is 21.2 Å². The second-order valence-corrected chi connectivity index (χ2v) is 5.87. The van der Waals surface area contributed by atoms with Crippen molar-refractivity contribution in [1.29, 1.82) is 0 Å². The third-order valence-corrected chi connectivity index (χ3v) is 3.56. The van der Waals surface area contributed by atoms with Crippen molar-refractivity contribution < 1.29 is 18.3 Å². The summed E-state index contributed by atoms with van der Waals surface area (Å²) in [6.45, 7) is -0.407. The monoisotopic (exact) mass is 272 g/mol. The number of rotatable bonds is 5. The van der Waals surface area contributed by atoms with Crippen LogP contribution in [0.25, 0.3) is 0 Å². The number of nitrogens with one attached hydrogen (secondary N) is 1. The molecule has 0 saturated heterocycles. The summed E-state index contributed by atoms with van der Waals surface area (Å²) in [4.78, 5) is 11.5. The summed E-state index contributed by atoms with van der Waals surface area (Å²) in [7, 11) is -3.34. The molecule has 0 saturated carbocycles. The van der Waals surface area contributed by atoms with Gasteiger partial charge in [0.05, 0.1) is 11.5 Å². The van der Waals surface area contributed by atoms with Crippen molar-refractivity contribution in [3.63, 3.8) is 0 Å². The molecular formula is C11H16N2O4S. The normalized spacial score (nSPS) is 13.1. The number of nitrogens with two attached hydrogens (primary N) is 1. The molecule has 6 nitrogen and oxygen atoms in total. The maximum Gasteiger partial charge on any atom is 0.239 e. The maximum absolute atomic E-state index is 11.5. The predicted octanol–water partition coefficient (Wildman–Crippen LogP) is -0.974. The molecule has 0 fully saturated rings. The van der Waals surface area contributed by atoms with Crippen LogP contribution in [0.15, 0.2) is 29.2 Å². The van der Waals surface area contributed by atoms with Crippen molar-refractivity contribution >= 4 is 15.7 Å². The minimum absolute atomic E-state index is 0.0514. The van der Waals surface area contributed by atoms with Gasteiger partial charge in [0.25, 0.3) is 0 Å². The Morgan fingerprint density at radius 2 is 2.06 bits per heavy atom. The molecule has 0 heterocycles. The summed E-state index contributed by atoms with van der Waals surface area (Å²) in [5, 5.41) is 11.2. The zero-order valence-electron chi connectivity index (χ0n) is 9.96. The first-order valence-electron chi connectivity index (χ1n) is 5.28. The van der Waals surface area contributed by atoms with Crippen LogP contribution in [0.3, 0.4) is 0 Å². The lowest BCUT2D eigenvalue weighted by Gasteiger charge is -2.11. The van der Waals surface area contributed by atoms with E-state index in [1.807, 2.05) is 0 Å². The highest BCUT2D eigenvalue weighted by molar-refractivity contribution is 7.90. The minimum atomic E-state index is -3.34. The molecule has 7 heteroatoms. The second-order valence-electron chi connectivity index (χ2n) is 3.89. The number of benzene rings is 1. The van der Waals surface area contributed by atoms with Crippen LogP contribution < -0.4 is 11.1 Å². The summed E-state index contributed by atoms with van der Waals surface area (Å²) < 4.78 is 23.0. The van der Waals surface area contributed by atoms with E-state index in [1.165, 1.54) is 6.07 Å². The van der Waals surface area contributed by atoms with E-state index in [4.69, 9.17) is 10.8 Å². The number of hydrogen-bond donors (Lipinski definition) is 3. The van der Waals surface area contributed by atoms with E-state index in [0.717, 1.165) is 6.26 Å². The van der Waals surface area contributed by atoms with E-state index in [0.29, 0.717) is 5.56 Å². The molecule has 0 radical (unpaired) electrons. The first-order chi connectivity index (χ1) is 8.36. The van der Waals surface area contributed by atoms with Gasteiger partial charge >= 0.3 is 0 Å². The van der Waals surface area contributed by atoms with Gasteiger partial charge in [-0.25, -0.2) is 8.42 Å². The fourth-order valence-corrected chi connectivity index (χ4v) is 2.35. The van der Waals surface area contributed by atoms with E-state index < -0.39 is 28.4 Å². The minimum Gasteiger partial charge on any atom is -0.394 e. The van der Waals surface area contributed by atoms with E-state index in [-0.39, 0.29) is 11.4 Å². The quantitative estimate of drug-likeness (QED) is 0.638.